The van der Waals surface area contributed by atoms with Gasteiger partial charge in [-0.1, -0.05) is 42.5 Å². The Kier molecular flexibility index (Phi) is 7.88. The van der Waals surface area contributed by atoms with Crippen LogP contribution in [0.3, 0.4) is 0 Å². The molecule has 0 heterocycles. The summed E-state index contributed by atoms with van der Waals surface area (Å²) in [5, 5.41) is 9.66. The van der Waals surface area contributed by atoms with E-state index >= 15 is 0 Å². The molecule has 4 nitrogen and oxygen atoms in total. The predicted octanol–water partition coefficient (Wildman–Crippen LogP) is 4.56. The number of hydrogen-bond acceptors (Lipinski definition) is 4. The highest BCUT2D eigenvalue weighted by Gasteiger charge is 2.31. The number of nitrogens with zero attached hydrogens (tertiary/aromatic N) is 2. The number of carbonyl (C=O) groups is 1. The highest BCUT2D eigenvalue weighted by atomic mass is 16.5. The number of nitriles is 1. The van der Waals surface area contributed by atoms with E-state index in [1.165, 1.54) is 5.69 Å². The highest BCUT2D eigenvalue weighted by molar-refractivity contribution is 5.76. The van der Waals surface area contributed by atoms with Gasteiger partial charge in [0.2, 0.25) is 0 Å². The van der Waals surface area contributed by atoms with E-state index in [0.29, 0.717) is 6.42 Å². The predicted molar refractivity (Wildman–Crippen MR) is 109 cm³/mol. The van der Waals surface area contributed by atoms with Crippen molar-refractivity contribution in [2.45, 2.75) is 33.1 Å². The van der Waals surface area contributed by atoms with Crippen molar-refractivity contribution in [1.82, 2.24) is 0 Å². The van der Waals surface area contributed by atoms with Gasteiger partial charge in [-0.15, -0.1) is 0 Å². The molecule has 0 saturated carbocycles. The van der Waals surface area contributed by atoms with Crippen LogP contribution in [0.15, 0.2) is 54.6 Å². The van der Waals surface area contributed by atoms with Gasteiger partial charge in [0.05, 0.1) is 12.7 Å². The lowest BCUT2D eigenvalue weighted by Crippen LogP contribution is -2.25. The first-order chi connectivity index (χ1) is 13.1. The maximum Gasteiger partial charge on any atom is 0.323 e. The Balaban J connectivity index is 2.29. The van der Waals surface area contributed by atoms with Gasteiger partial charge >= 0.3 is 5.97 Å². The Bertz CT molecular complexity index is 746. The molecule has 0 bridgehead atoms. The van der Waals surface area contributed by atoms with Crippen molar-refractivity contribution >= 4 is 11.7 Å². The largest absolute Gasteiger partial charge is 0.465 e. The lowest BCUT2D eigenvalue weighted by Gasteiger charge is -2.23. The quantitative estimate of drug-likeness (QED) is 0.612. The summed E-state index contributed by atoms with van der Waals surface area (Å²) in [5.74, 6) is -1.52. The maximum atomic E-state index is 12.3. The number of ether oxygens (including phenoxy) is 1. The molecular formula is C23H28N2O2. The molecule has 2 atom stereocenters. The fourth-order valence-corrected chi connectivity index (χ4v) is 3.35. The van der Waals surface area contributed by atoms with Crippen molar-refractivity contribution < 1.29 is 9.53 Å². The number of esters is 1. The van der Waals surface area contributed by atoms with Gasteiger partial charge in [0.15, 0.2) is 5.92 Å². The summed E-state index contributed by atoms with van der Waals surface area (Å²) in [4.78, 5) is 14.6. The van der Waals surface area contributed by atoms with Crippen LogP contribution in [0.1, 0.15) is 37.8 Å². The Morgan fingerprint density at radius 3 is 2.19 bits per heavy atom. The summed E-state index contributed by atoms with van der Waals surface area (Å²) < 4.78 is 5.15. The first kappa shape index (κ1) is 20.5. The third-order valence-electron chi connectivity index (χ3n) is 4.83. The summed E-state index contributed by atoms with van der Waals surface area (Å²) in [6.07, 6.45) is 0.611. The third-order valence-corrected chi connectivity index (χ3v) is 4.83. The summed E-state index contributed by atoms with van der Waals surface area (Å²) in [6, 6.07) is 20.3. The molecule has 0 aromatic heterocycles. The van der Waals surface area contributed by atoms with E-state index in [1.54, 1.807) is 6.92 Å². The molecule has 0 N–H and O–H groups in total. The second-order valence-electron chi connectivity index (χ2n) is 6.42. The van der Waals surface area contributed by atoms with Crippen LogP contribution in [-0.2, 0) is 16.0 Å². The van der Waals surface area contributed by atoms with Crippen molar-refractivity contribution in [3.63, 3.8) is 0 Å². The van der Waals surface area contributed by atoms with Gasteiger partial charge in [0.1, 0.15) is 0 Å². The minimum absolute atomic E-state index is 0.241. The first-order valence-corrected chi connectivity index (χ1v) is 9.59. The van der Waals surface area contributed by atoms with Gasteiger partial charge < -0.3 is 9.64 Å². The van der Waals surface area contributed by atoms with Crippen molar-refractivity contribution in [2.75, 3.05) is 24.6 Å². The van der Waals surface area contributed by atoms with Gasteiger partial charge in [-0.05, 0) is 50.5 Å². The molecule has 0 spiro atoms. The Morgan fingerprint density at radius 2 is 1.67 bits per heavy atom. The zero-order chi connectivity index (χ0) is 19.6. The van der Waals surface area contributed by atoms with Gasteiger partial charge in [-0.2, -0.15) is 5.26 Å². The molecule has 0 radical (unpaired) electrons. The smallest absolute Gasteiger partial charge is 0.323 e. The molecule has 2 aromatic rings. The molecule has 27 heavy (non-hydrogen) atoms. The zero-order valence-corrected chi connectivity index (χ0v) is 16.4. The van der Waals surface area contributed by atoms with Crippen molar-refractivity contribution in [2.24, 2.45) is 5.92 Å². The minimum Gasteiger partial charge on any atom is -0.465 e. The molecule has 0 aliphatic carbocycles. The Labute approximate surface area is 162 Å². The van der Waals surface area contributed by atoms with Crippen molar-refractivity contribution in [3.05, 3.63) is 65.7 Å². The van der Waals surface area contributed by atoms with E-state index in [9.17, 15) is 10.1 Å². The monoisotopic (exact) mass is 364 g/mol. The van der Waals surface area contributed by atoms with Crippen LogP contribution in [-0.4, -0.2) is 25.7 Å². The molecule has 0 amide bonds. The molecular weight excluding hydrogens is 336 g/mol. The zero-order valence-electron chi connectivity index (χ0n) is 16.4. The summed E-state index contributed by atoms with van der Waals surface area (Å²) >= 11 is 0. The van der Waals surface area contributed by atoms with Gasteiger partial charge in [-0.25, -0.2) is 0 Å². The molecule has 0 aliphatic heterocycles. The van der Waals surface area contributed by atoms with E-state index in [1.807, 2.05) is 30.3 Å². The molecule has 2 unspecified atom stereocenters. The molecule has 0 saturated heterocycles. The third kappa shape index (κ3) is 5.34. The Morgan fingerprint density at radius 1 is 1.04 bits per heavy atom. The SMILES string of the molecule is CCOC(=O)C(C#N)C(Cc1ccc(N(CC)CC)cc1)c1ccccc1. The van der Waals surface area contributed by atoms with Crippen LogP contribution in [0.4, 0.5) is 5.69 Å². The summed E-state index contributed by atoms with van der Waals surface area (Å²) in [6.45, 7) is 8.23. The van der Waals surface area contributed by atoms with Crippen LogP contribution in [0.5, 0.6) is 0 Å². The van der Waals surface area contributed by atoms with Crippen LogP contribution in [0.25, 0.3) is 0 Å². The molecule has 4 heteroatoms. The van der Waals surface area contributed by atoms with E-state index in [2.05, 4.69) is 49.1 Å². The first-order valence-electron chi connectivity index (χ1n) is 9.59. The van der Waals surface area contributed by atoms with E-state index in [4.69, 9.17) is 4.74 Å². The average molecular weight is 364 g/mol. The van der Waals surface area contributed by atoms with Crippen LogP contribution in [0.2, 0.25) is 0 Å². The Hall–Kier alpha value is -2.80. The fourth-order valence-electron chi connectivity index (χ4n) is 3.35. The molecule has 142 valence electrons. The van der Waals surface area contributed by atoms with Crippen LogP contribution >= 0.6 is 0 Å². The number of carbonyl (C=O) groups excluding carboxylic acids is 1. The minimum atomic E-state index is -0.824. The van der Waals surface area contributed by atoms with Gasteiger partial charge in [0.25, 0.3) is 0 Å². The number of hydrogen-bond donors (Lipinski definition) is 0. The molecule has 2 aromatic carbocycles. The standard InChI is InChI=1S/C23H28N2O2/c1-4-25(5-2)20-14-12-18(13-15-20)16-21(19-10-8-7-9-11-19)22(17-24)23(26)27-6-3/h7-15,21-22H,4-6,16H2,1-3H3. The summed E-state index contributed by atoms with van der Waals surface area (Å²) in [5.41, 5.74) is 3.26. The van der Waals surface area contributed by atoms with E-state index < -0.39 is 11.9 Å². The molecule has 2 rings (SSSR count). The lowest BCUT2D eigenvalue weighted by atomic mass is 9.82. The average Bonchev–Trinajstić information content (AvgIpc) is 2.71. The van der Waals surface area contributed by atoms with E-state index in [-0.39, 0.29) is 12.5 Å². The fraction of sp³-hybridized carbons (Fsp3) is 0.391. The number of benzene rings is 2. The highest BCUT2D eigenvalue weighted by Crippen LogP contribution is 2.30. The van der Waals surface area contributed by atoms with Crippen LogP contribution < -0.4 is 4.90 Å². The lowest BCUT2D eigenvalue weighted by molar-refractivity contribution is -0.146. The topological polar surface area (TPSA) is 53.3 Å². The van der Waals surface area contributed by atoms with E-state index in [0.717, 1.165) is 24.2 Å². The molecule has 0 fully saturated rings. The maximum absolute atomic E-state index is 12.3. The number of rotatable bonds is 9. The van der Waals surface area contributed by atoms with Crippen LogP contribution in [0, 0.1) is 17.2 Å². The second kappa shape index (κ2) is 10.4. The molecule has 0 aliphatic rings. The van der Waals surface area contributed by atoms with Crippen molar-refractivity contribution in [3.8, 4) is 6.07 Å². The second-order valence-corrected chi connectivity index (χ2v) is 6.42. The number of anilines is 1. The normalized spacial score (nSPS) is 12.7. The van der Waals surface area contributed by atoms with Gasteiger partial charge in [0, 0.05) is 24.7 Å². The van der Waals surface area contributed by atoms with Gasteiger partial charge in [-0.3, -0.25) is 4.79 Å². The van der Waals surface area contributed by atoms with Crippen molar-refractivity contribution in [1.29, 1.82) is 5.26 Å². The summed E-state index contributed by atoms with van der Waals surface area (Å²) in [7, 11) is 0.